The third-order valence-electron chi connectivity index (χ3n) is 2.95. The van der Waals surface area contributed by atoms with Crippen molar-refractivity contribution < 1.29 is 4.74 Å². The molecule has 3 nitrogen and oxygen atoms in total. The number of anilines is 1. The predicted octanol–water partition coefficient (Wildman–Crippen LogP) is 3.16. The SMILES string of the molecule is CCCCCN(C)CCCOc1cccc(N)c1. The number of nitrogens with zero attached hydrogens (tertiary/aromatic N) is 1. The number of rotatable bonds is 9. The maximum absolute atomic E-state index is 5.69. The Morgan fingerprint density at radius 1 is 1.17 bits per heavy atom. The normalized spacial score (nSPS) is 10.8. The molecule has 0 unspecified atom stereocenters. The molecule has 2 N–H and O–H groups in total. The molecule has 0 spiro atoms. The zero-order chi connectivity index (χ0) is 13.2. The van der Waals surface area contributed by atoms with E-state index in [-0.39, 0.29) is 0 Å². The van der Waals surface area contributed by atoms with Crippen LogP contribution in [0.4, 0.5) is 5.69 Å². The van der Waals surface area contributed by atoms with Crippen LogP contribution in [0.3, 0.4) is 0 Å². The van der Waals surface area contributed by atoms with Gasteiger partial charge in [0.05, 0.1) is 6.61 Å². The molecule has 0 radical (unpaired) electrons. The van der Waals surface area contributed by atoms with Crippen molar-refractivity contribution in [2.75, 3.05) is 32.5 Å². The van der Waals surface area contributed by atoms with Gasteiger partial charge in [0.2, 0.25) is 0 Å². The van der Waals surface area contributed by atoms with Crippen LogP contribution in [0, 0.1) is 0 Å². The fourth-order valence-electron chi connectivity index (χ4n) is 1.87. The van der Waals surface area contributed by atoms with Gasteiger partial charge in [-0.25, -0.2) is 0 Å². The molecule has 1 aromatic rings. The second-order valence-corrected chi connectivity index (χ2v) is 4.78. The summed E-state index contributed by atoms with van der Waals surface area (Å²) < 4.78 is 5.66. The first-order valence-electron chi connectivity index (χ1n) is 6.89. The monoisotopic (exact) mass is 250 g/mol. The highest BCUT2D eigenvalue weighted by Gasteiger charge is 1.99. The van der Waals surface area contributed by atoms with Crippen LogP contribution in [0.15, 0.2) is 24.3 Å². The molecule has 0 aromatic heterocycles. The molecule has 0 saturated heterocycles. The highest BCUT2D eigenvalue weighted by atomic mass is 16.5. The van der Waals surface area contributed by atoms with Crippen molar-refractivity contribution in [2.24, 2.45) is 0 Å². The van der Waals surface area contributed by atoms with Gasteiger partial charge in [0, 0.05) is 18.3 Å². The van der Waals surface area contributed by atoms with E-state index in [0.717, 1.165) is 31.0 Å². The summed E-state index contributed by atoms with van der Waals surface area (Å²) >= 11 is 0. The molecule has 102 valence electrons. The van der Waals surface area contributed by atoms with Crippen molar-refractivity contribution in [1.82, 2.24) is 4.90 Å². The third kappa shape index (κ3) is 6.50. The van der Waals surface area contributed by atoms with Crippen molar-refractivity contribution in [3.05, 3.63) is 24.3 Å². The van der Waals surface area contributed by atoms with Gasteiger partial charge >= 0.3 is 0 Å². The van der Waals surface area contributed by atoms with Crippen molar-refractivity contribution in [2.45, 2.75) is 32.6 Å². The number of nitrogens with two attached hydrogens (primary N) is 1. The minimum atomic E-state index is 0.752. The molecular weight excluding hydrogens is 224 g/mol. The average Bonchev–Trinajstić information content (AvgIpc) is 2.35. The van der Waals surface area contributed by atoms with Gasteiger partial charge in [-0.1, -0.05) is 25.8 Å². The molecule has 0 aliphatic carbocycles. The number of ether oxygens (including phenoxy) is 1. The molecule has 0 fully saturated rings. The summed E-state index contributed by atoms with van der Waals surface area (Å²) in [6, 6.07) is 7.60. The van der Waals surface area contributed by atoms with Crippen molar-refractivity contribution in [1.29, 1.82) is 0 Å². The Morgan fingerprint density at radius 3 is 2.67 bits per heavy atom. The lowest BCUT2D eigenvalue weighted by Crippen LogP contribution is -2.22. The second-order valence-electron chi connectivity index (χ2n) is 4.78. The van der Waals surface area contributed by atoms with Gasteiger partial charge in [-0.15, -0.1) is 0 Å². The fraction of sp³-hybridized carbons (Fsp3) is 0.600. The average molecular weight is 250 g/mol. The molecule has 0 atom stereocenters. The summed E-state index contributed by atoms with van der Waals surface area (Å²) in [4.78, 5) is 2.37. The van der Waals surface area contributed by atoms with Crippen LogP contribution < -0.4 is 10.5 Å². The minimum Gasteiger partial charge on any atom is -0.493 e. The van der Waals surface area contributed by atoms with Gasteiger partial charge in [0.15, 0.2) is 0 Å². The highest BCUT2D eigenvalue weighted by Crippen LogP contribution is 2.14. The van der Waals surface area contributed by atoms with E-state index >= 15 is 0 Å². The zero-order valence-electron chi connectivity index (χ0n) is 11.7. The first-order chi connectivity index (χ1) is 8.72. The molecule has 18 heavy (non-hydrogen) atoms. The molecule has 0 aliphatic heterocycles. The lowest BCUT2D eigenvalue weighted by atomic mass is 10.2. The lowest BCUT2D eigenvalue weighted by Gasteiger charge is -2.16. The van der Waals surface area contributed by atoms with Gasteiger partial charge < -0.3 is 15.4 Å². The third-order valence-corrected chi connectivity index (χ3v) is 2.95. The fourth-order valence-corrected chi connectivity index (χ4v) is 1.87. The molecule has 0 amide bonds. The Balaban J connectivity index is 2.07. The van der Waals surface area contributed by atoms with Gasteiger partial charge in [-0.3, -0.25) is 0 Å². The Morgan fingerprint density at radius 2 is 1.94 bits per heavy atom. The number of hydrogen-bond acceptors (Lipinski definition) is 3. The maximum atomic E-state index is 5.69. The van der Waals surface area contributed by atoms with Gasteiger partial charge in [0.25, 0.3) is 0 Å². The minimum absolute atomic E-state index is 0.752. The van der Waals surface area contributed by atoms with Crippen molar-refractivity contribution in [3.8, 4) is 5.75 Å². The molecule has 0 saturated carbocycles. The Kier molecular flexibility index (Phi) is 7.26. The van der Waals surface area contributed by atoms with Gasteiger partial charge in [0.1, 0.15) is 5.75 Å². The van der Waals surface area contributed by atoms with E-state index in [0.29, 0.717) is 0 Å². The van der Waals surface area contributed by atoms with Crippen molar-refractivity contribution in [3.63, 3.8) is 0 Å². The van der Waals surface area contributed by atoms with Crippen LogP contribution in [0.25, 0.3) is 0 Å². The molecular formula is C15H26N2O. The quantitative estimate of drug-likeness (QED) is 0.540. The summed E-state index contributed by atoms with van der Waals surface area (Å²) in [6.45, 7) is 5.26. The van der Waals surface area contributed by atoms with Crippen LogP contribution in [0.5, 0.6) is 5.75 Å². The second kappa shape index (κ2) is 8.81. The first kappa shape index (κ1) is 14.8. The Labute approximate surface area is 111 Å². The first-order valence-corrected chi connectivity index (χ1v) is 6.89. The highest BCUT2D eigenvalue weighted by molar-refractivity contribution is 5.43. The van der Waals surface area contributed by atoms with E-state index in [9.17, 15) is 0 Å². The zero-order valence-corrected chi connectivity index (χ0v) is 11.7. The molecule has 0 bridgehead atoms. The van der Waals surface area contributed by atoms with E-state index in [2.05, 4.69) is 18.9 Å². The smallest absolute Gasteiger partial charge is 0.121 e. The van der Waals surface area contributed by atoms with Crippen LogP contribution in [0.1, 0.15) is 32.6 Å². The summed E-state index contributed by atoms with van der Waals surface area (Å²) in [6.07, 6.45) is 4.96. The molecule has 3 heteroatoms. The Hall–Kier alpha value is -1.22. The predicted molar refractivity (Wildman–Crippen MR) is 78.0 cm³/mol. The number of hydrogen-bond donors (Lipinski definition) is 1. The summed E-state index contributed by atoms with van der Waals surface area (Å²) in [5, 5.41) is 0. The Bertz CT molecular complexity index is 328. The molecule has 1 aromatic carbocycles. The number of benzene rings is 1. The van der Waals surface area contributed by atoms with Crippen LogP contribution in [0.2, 0.25) is 0 Å². The largest absolute Gasteiger partial charge is 0.493 e. The van der Waals surface area contributed by atoms with Crippen LogP contribution in [-0.2, 0) is 0 Å². The number of nitrogen functional groups attached to an aromatic ring is 1. The topological polar surface area (TPSA) is 38.5 Å². The van der Waals surface area contributed by atoms with Gasteiger partial charge in [-0.2, -0.15) is 0 Å². The van der Waals surface area contributed by atoms with E-state index in [1.165, 1.54) is 25.8 Å². The van der Waals surface area contributed by atoms with E-state index in [1.54, 1.807) is 0 Å². The van der Waals surface area contributed by atoms with Crippen LogP contribution >= 0.6 is 0 Å². The van der Waals surface area contributed by atoms with Gasteiger partial charge in [-0.05, 0) is 38.6 Å². The van der Waals surface area contributed by atoms with E-state index in [1.807, 2.05) is 24.3 Å². The van der Waals surface area contributed by atoms with E-state index in [4.69, 9.17) is 10.5 Å². The maximum Gasteiger partial charge on any atom is 0.121 e. The summed E-state index contributed by atoms with van der Waals surface area (Å²) in [5.74, 6) is 0.864. The summed E-state index contributed by atoms with van der Waals surface area (Å²) in [7, 11) is 2.18. The number of unbranched alkanes of at least 4 members (excludes halogenated alkanes) is 2. The van der Waals surface area contributed by atoms with Crippen LogP contribution in [-0.4, -0.2) is 31.6 Å². The standard InChI is InChI=1S/C15H26N2O/c1-3-4-5-10-17(2)11-7-12-18-15-9-6-8-14(16)13-15/h6,8-9,13H,3-5,7,10-12,16H2,1-2H3. The molecule has 1 rings (SSSR count). The van der Waals surface area contributed by atoms with Crippen molar-refractivity contribution >= 4 is 5.69 Å². The summed E-state index contributed by atoms with van der Waals surface area (Å²) in [5.41, 5.74) is 6.44. The van der Waals surface area contributed by atoms with E-state index < -0.39 is 0 Å². The lowest BCUT2D eigenvalue weighted by molar-refractivity contribution is 0.260. The molecule has 0 aliphatic rings. The molecule has 0 heterocycles.